The van der Waals surface area contributed by atoms with E-state index in [0.29, 0.717) is 43.6 Å². The summed E-state index contributed by atoms with van der Waals surface area (Å²) in [6, 6.07) is 8.64. The molecule has 1 atom stereocenters. The van der Waals surface area contributed by atoms with Crippen molar-refractivity contribution >= 4 is 35.2 Å². The molecule has 0 saturated carbocycles. The third kappa shape index (κ3) is 8.04. The topological polar surface area (TPSA) is 123 Å². The zero-order chi connectivity index (χ0) is 37.1. The van der Waals surface area contributed by atoms with Crippen LogP contribution in [0.2, 0.25) is 0 Å². The van der Waals surface area contributed by atoms with E-state index in [1.165, 1.54) is 35.1 Å². The number of aromatic nitrogens is 1. The Kier molecular flexibility index (Phi) is 11.4. The SMILES string of the molecule is CSc1ccc(-c2cc(C(F)(F)F)ccc2NC(=O)C2=C(O)[C@@]3(C)CCCN3N(Cc3ccc(CCCCCCC(=O)O)c(F)c3F)C2=O)cn1. The number of fused-ring (bicyclic) bond motifs is 1. The van der Waals surface area contributed by atoms with Crippen LogP contribution in [0.1, 0.15) is 68.6 Å². The second kappa shape index (κ2) is 15.4. The summed E-state index contributed by atoms with van der Waals surface area (Å²) >= 11 is 1.33. The number of pyridine rings is 1. The molecule has 0 aliphatic carbocycles. The van der Waals surface area contributed by atoms with Gasteiger partial charge < -0.3 is 15.5 Å². The largest absolute Gasteiger partial charge is 0.509 e. The van der Waals surface area contributed by atoms with E-state index in [0.717, 1.165) is 23.2 Å². The highest BCUT2D eigenvalue weighted by atomic mass is 32.2. The Morgan fingerprint density at radius 2 is 1.73 bits per heavy atom. The highest BCUT2D eigenvalue weighted by Crippen LogP contribution is 2.43. The number of benzene rings is 2. The van der Waals surface area contributed by atoms with Crippen LogP contribution in [0.3, 0.4) is 0 Å². The van der Waals surface area contributed by atoms with E-state index in [9.17, 15) is 32.7 Å². The second-order valence-corrected chi connectivity index (χ2v) is 13.5. The molecule has 2 amide bonds. The van der Waals surface area contributed by atoms with Gasteiger partial charge in [-0.15, -0.1) is 11.8 Å². The van der Waals surface area contributed by atoms with Crippen molar-refractivity contribution < 1.29 is 46.5 Å². The summed E-state index contributed by atoms with van der Waals surface area (Å²) in [4.78, 5) is 42.7. The zero-order valence-electron chi connectivity index (χ0n) is 27.9. The number of anilines is 1. The molecular weight excluding hydrogens is 695 g/mol. The Bertz CT molecular complexity index is 1850. The van der Waals surface area contributed by atoms with E-state index in [-0.39, 0.29) is 47.3 Å². The minimum absolute atomic E-state index is 0.0230. The summed E-state index contributed by atoms with van der Waals surface area (Å²) in [7, 11) is 0. The number of carboxylic acids is 1. The van der Waals surface area contributed by atoms with E-state index in [4.69, 9.17) is 5.11 Å². The Morgan fingerprint density at radius 3 is 2.39 bits per heavy atom. The number of carbonyl (C=O) groups is 3. The van der Waals surface area contributed by atoms with Crippen LogP contribution in [0, 0.1) is 11.6 Å². The molecule has 1 fully saturated rings. The third-order valence-electron chi connectivity index (χ3n) is 9.32. The first kappa shape index (κ1) is 37.7. The lowest BCUT2D eigenvalue weighted by Crippen LogP contribution is -2.60. The van der Waals surface area contributed by atoms with Gasteiger partial charge in [-0.2, -0.15) is 13.2 Å². The molecule has 51 heavy (non-hydrogen) atoms. The van der Waals surface area contributed by atoms with Gasteiger partial charge in [0.15, 0.2) is 11.6 Å². The number of aryl methyl sites for hydroxylation is 1. The van der Waals surface area contributed by atoms with E-state index in [1.54, 1.807) is 25.3 Å². The maximum Gasteiger partial charge on any atom is 0.416 e. The number of nitrogens with one attached hydrogen (secondary N) is 1. The van der Waals surface area contributed by atoms with Gasteiger partial charge in [-0.05, 0) is 75.1 Å². The van der Waals surface area contributed by atoms with Crippen molar-refractivity contribution in [1.29, 1.82) is 0 Å². The van der Waals surface area contributed by atoms with Gasteiger partial charge in [-0.3, -0.25) is 19.4 Å². The van der Waals surface area contributed by atoms with Crippen molar-refractivity contribution in [2.75, 3.05) is 18.1 Å². The molecule has 15 heteroatoms. The highest BCUT2D eigenvalue weighted by molar-refractivity contribution is 7.98. The number of hydrazine groups is 1. The summed E-state index contributed by atoms with van der Waals surface area (Å²) in [5.41, 5.74) is -2.76. The number of hydrogen-bond donors (Lipinski definition) is 3. The smallest absolute Gasteiger partial charge is 0.416 e. The quantitative estimate of drug-likeness (QED) is 0.0702. The first-order chi connectivity index (χ1) is 24.1. The van der Waals surface area contributed by atoms with Crippen LogP contribution >= 0.6 is 11.8 Å². The van der Waals surface area contributed by atoms with Gasteiger partial charge in [0.05, 0.1) is 22.7 Å². The molecule has 9 nitrogen and oxygen atoms in total. The fourth-order valence-corrected chi connectivity index (χ4v) is 6.87. The average Bonchev–Trinajstić information content (AvgIpc) is 3.49. The molecule has 3 aromatic rings. The minimum Gasteiger partial charge on any atom is -0.509 e. The molecule has 2 aliphatic rings. The van der Waals surface area contributed by atoms with E-state index in [1.807, 2.05) is 0 Å². The van der Waals surface area contributed by atoms with Gasteiger partial charge in [0.1, 0.15) is 11.3 Å². The molecule has 0 spiro atoms. The number of rotatable bonds is 13. The van der Waals surface area contributed by atoms with Crippen LogP contribution in [-0.4, -0.2) is 61.3 Å². The van der Waals surface area contributed by atoms with Gasteiger partial charge in [0.25, 0.3) is 11.8 Å². The standard InChI is InChI=1S/C36H37F5N4O5S/c1-35-16-7-17-45(35)44(20-23-11-10-21(30(37)31(23)38)8-5-3-4-6-9-28(46)47)34(50)29(32(35)48)33(49)43-26-14-13-24(36(39,40)41)18-25(26)22-12-15-27(51-2)42-19-22/h10-15,18-19,48H,3-9,16-17,20H2,1-2H3,(H,43,49)(H,46,47)/t35-/m1/s1. The number of alkyl halides is 3. The predicted molar refractivity (Wildman–Crippen MR) is 180 cm³/mol. The monoisotopic (exact) mass is 732 g/mol. The number of hydrogen-bond acceptors (Lipinski definition) is 7. The molecule has 3 heterocycles. The van der Waals surface area contributed by atoms with Gasteiger partial charge >= 0.3 is 12.1 Å². The summed E-state index contributed by atoms with van der Waals surface area (Å²) in [5.74, 6) is -5.74. The normalized spacial score (nSPS) is 17.9. The summed E-state index contributed by atoms with van der Waals surface area (Å²) in [5, 5.41) is 25.9. The van der Waals surface area contributed by atoms with Crippen molar-refractivity contribution in [3.8, 4) is 11.1 Å². The van der Waals surface area contributed by atoms with Crippen LogP contribution in [0.4, 0.5) is 27.6 Å². The van der Waals surface area contributed by atoms with Crippen molar-refractivity contribution in [1.82, 2.24) is 15.0 Å². The lowest BCUT2D eigenvalue weighted by molar-refractivity contribution is -0.160. The Balaban J connectivity index is 1.41. The molecule has 0 bridgehead atoms. The number of aliphatic carboxylic acids is 1. The number of amides is 2. The van der Waals surface area contributed by atoms with Crippen molar-refractivity contribution in [3.05, 3.63) is 88.3 Å². The van der Waals surface area contributed by atoms with Crippen LogP contribution < -0.4 is 5.32 Å². The second-order valence-electron chi connectivity index (χ2n) is 12.7. The fraction of sp³-hybridized carbons (Fsp3) is 0.389. The highest BCUT2D eigenvalue weighted by Gasteiger charge is 2.52. The van der Waals surface area contributed by atoms with Gasteiger partial charge in [0, 0.05) is 41.5 Å². The van der Waals surface area contributed by atoms with Crippen LogP contribution in [0.25, 0.3) is 11.1 Å². The van der Waals surface area contributed by atoms with E-state index >= 15 is 8.78 Å². The number of thioether (sulfide) groups is 1. The lowest BCUT2D eigenvalue weighted by atomic mass is 9.90. The van der Waals surface area contributed by atoms with Crippen molar-refractivity contribution in [2.24, 2.45) is 0 Å². The summed E-state index contributed by atoms with van der Waals surface area (Å²) < 4.78 is 71.8. The van der Waals surface area contributed by atoms with Crippen LogP contribution in [-0.2, 0) is 33.5 Å². The molecule has 1 saturated heterocycles. The van der Waals surface area contributed by atoms with Gasteiger partial charge in [0.2, 0.25) is 0 Å². The number of aliphatic hydroxyl groups excluding tert-OH is 1. The molecule has 2 aromatic carbocycles. The van der Waals surface area contributed by atoms with E-state index in [2.05, 4.69) is 10.3 Å². The molecule has 2 aliphatic heterocycles. The number of aliphatic hydroxyl groups is 1. The van der Waals surface area contributed by atoms with Crippen LogP contribution in [0.5, 0.6) is 0 Å². The Hall–Kier alpha value is -4.50. The molecule has 0 radical (unpaired) electrons. The number of carbonyl (C=O) groups excluding carboxylic acids is 2. The van der Waals surface area contributed by atoms with Crippen molar-refractivity contribution in [3.63, 3.8) is 0 Å². The minimum atomic E-state index is -4.69. The maximum absolute atomic E-state index is 15.5. The third-order valence-corrected chi connectivity index (χ3v) is 9.98. The fourth-order valence-electron chi connectivity index (χ4n) is 6.51. The number of carboxylic acid groups (broad SMARTS) is 1. The summed E-state index contributed by atoms with van der Waals surface area (Å²) in [6.45, 7) is 1.42. The lowest BCUT2D eigenvalue weighted by Gasteiger charge is -2.46. The van der Waals surface area contributed by atoms with Crippen molar-refractivity contribution in [2.45, 2.75) is 81.6 Å². The van der Waals surface area contributed by atoms with E-state index < -0.39 is 64.6 Å². The first-order valence-corrected chi connectivity index (χ1v) is 17.6. The first-order valence-electron chi connectivity index (χ1n) is 16.4. The average molecular weight is 733 g/mol. The molecular formula is C36H37F5N4O5S. The predicted octanol–water partition coefficient (Wildman–Crippen LogP) is 7.91. The molecule has 272 valence electrons. The number of unbranched alkanes of at least 4 members (excludes halogenated alkanes) is 3. The zero-order valence-corrected chi connectivity index (χ0v) is 28.8. The molecule has 3 N–H and O–H groups in total. The van der Waals surface area contributed by atoms with Gasteiger partial charge in [-0.25, -0.2) is 18.8 Å². The maximum atomic E-state index is 15.5. The molecule has 1 aromatic heterocycles. The van der Waals surface area contributed by atoms with Gasteiger partial charge in [-0.1, -0.05) is 31.0 Å². The van der Waals surface area contributed by atoms with Crippen LogP contribution in [0.15, 0.2) is 65.0 Å². The Labute approximate surface area is 295 Å². The Morgan fingerprint density at radius 1 is 1.02 bits per heavy atom. The number of halogens is 5. The molecule has 5 rings (SSSR count). The summed E-state index contributed by atoms with van der Waals surface area (Å²) in [6.07, 6.45) is 1.84. The molecule has 0 unspecified atom stereocenters. The number of nitrogens with zero attached hydrogens (tertiary/aromatic N) is 3.